The number of nitrogens with one attached hydrogen (secondary N) is 1. The summed E-state index contributed by atoms with van der Waals surface area (Å²) in [6.07, 6.45) is 0.971. The largest absolute Gasteiger partial charge is 0.340 e. The molecule has 0 spiro atoms. The summed E-state index contributed by atoms with van der Waals surface area (Å²) in [4.78, 5) is 4.26. The Morgan fingerprint density at radius 1 is 1.41 bits per heavy atom. The van der Waals surface area contributed by atoms with E-state index in [1.807, 2.05) is 18.7 Å². The van der Waals surface area contributed by atoms with E-state index >= 15 is 0 Å². The molecule has 0 aliphatic carbocycles. The van der Waals surface area contributed by atoms with Crippen LogP contribution in [0.15, 0.2) is 4.52 Å². The first-order valence-corrected chi connectivity index (χ1v) is 7.08. The molecule has 1 heterocycles. The lowest BCUT2D eigenvalue weighted by Gasteiger charge is -2.19. The third-order valence-corrected chi connectivity index (χ3v) is 3.57. The van der Waals surface area contributed by atoms with Gasteiger partial charge < -0.3 is 9.84 Å². The number of thioether (sulfide) groups is 1. The number of nitrogens with zero attached hydrogens (tertiary/aromatic N) is 2. The molecule has 0 aromatic carbocycles. The zero-order valence-electron chi connectivity index (χ0n) is 11.4. The maximum Gasteiger partial charge on any atom is 0.223 e. The van der Waals surface area contributed by atoms with E-state index in [9.17, 15) is 0 Å². The van der Waals surface area contributed by atoms with Crippen molar-refractivity contribution in [3.8, 4) is 0 Å². The van der Waals surface area contributed by atoms with Gasteiger partial charge in [-0.05, 0) is 6.42 Å². The molecule has 0 aliphatic heterocycles. The highest BCUT2D eigenvalue weighted by Crippen LogP contribution is 2.22. The fourth-order valence-corrected chi connectivity index (χ4v) is 2.30. The molecule has 0 saturated heterocycles. The summed E-state index contributed by atoms with van der Waals surface area (Å²) in [5.41, 5.74) is 0. The molecule has 0 unspecified atom stereocenters. The number of rotatable bonds is 6. The molecule has 1 N–H and O–H groups in total. The van der Waals surface area contributed by atoms with Crippen LogP contribution in [0.25, 0.3) is 0 Å². The second-order valence-corrected chi connectivity index (χ2v) is 6.97. The molecule has 4 nitrogen and oxygen atoms in total. The first-order valence-electron chi connectivity index (χ1n) is 6.10. The van der Waals surface area contributed by atoms with Crippen LogP contribution in [0.2, 0.25) is 0 Å². The van der Waals surface area contributed by atoms with E-state index in [0.717, 1.165) is 24.5 Å². The van der Waals surface area contributed by atoms with Gasteiger partial charge in [-0.2, -0.15) is 16.7 Å². The van der Waals surface area contributed by atoms with E-state index in [0.29, 0.717) is 10.6 Å². The summed E-state index contributed by atoms with van der Waals surface area (Å²) >= 11 is 1.96. The maximum atomic E-state index is 5.00. The Hall–Kier alpha value is -0.550. The lowest BCUT2D eigenvalue weighted by Crippen LogP contribution is -2.25. The lowest BCUT2D eigenvalue weighted by atomic mass is 10.2. The van der Waals surface area contributed by atoms with Crippen molar-refractivity contribution in [3.05, 3.63) is 11.7 Å². The van der Waals surface area contributed by atoms with Crippen LogP contribution in [0.4, 0.5) is 0 Å². The van der Waals surface area contributed by atoms with E-state index < -0.39 is 0 Å². The quantitative estimate of drug-likeness (QED) is 0.794. The van der Waals surface area contributed by atoms with Crippen molar-refractivity contribution in [2.75, 3.05) is 12.3 Å². The van der Waals surface area contributed by atoms with E-state index in [1.165, 1.54) is 0 Å². The molecule has 5 heteroatoms. The third-order valence-electron chi connectivity index (χ3n) is 2.29. The van der Waals surface area contributed by atoms with Crippen LogP contribution in [-0.4, -0.2) is 27.2 Å². The SMILES string of the molecule is CC[C@@H](NCCSC(C)(C)C)c1noc(C)n1. The van der Waals surface area contributed by atoms with Crippen LogP contribution in [0.5, 0.6) is 0 Å². The smallest absolute Gasteiger partial charge is 0.223 e. The fourth-order valence-electron chi connectivity index (χ4n) is 1.47. The van der Waals surface area contributed by atoms with Crippen molar-refractivity contribution >= 4 is 11.8 Å². The number of hydrogen-bond donors (Lipinski definition) is 1. The minimum Gasteiger partial charge on any atom is -0.340 e. The summed E-state index contributed by atoms with van der Waals surface area (Å²) in [6, 6.07) is 0.202. The van der Waals surface area contributed by atoms with Gasteiger partial charge in [0.1, 0.15) is 0 Å². The highest BCUT2D eigenvalue weighted by atomic mass is 32.2. The average Bonchev–Trinajstić information content (AvgIpc) is 2.63. The normalized spacial score (nSPS) is 13.9. The molecule has 0 aliphatic rings. The molecule has 0 bridgehead atoms. The predicted molar refractivity (Wildman–Crippen MR) is 72.3 cm³/mol. The van der Waals surface area contributed by atoms with Gasteiger partial charge in [0.2, 0.25) is 5.89 Å². The predicted octanol–water partition coefficient (Wildman–Crippen LogP) is 2.95. The zero-order valence-corrected chi connectivity index (χ0v) is 12.2. The standard InChI is InChI=1S/C12H23N3OS/c1-6-10(11-14-9(2)16-15-11)13-7-8-17-12(3,4)5/h10,13H,6-8H2,1-5H3/t10-/m1/s1. The monoisotopic (exact) mass is 257 g/mol. The van der Waals surface area contributed by atoms with Crippen molar-refractivity contribution in [1.82, 2.24) is 15.5 Å². The second kappa shape index (κ2) is 6.40. The van der Waals surface area contributed by atoms with E-state index in [-0.39, 0.29) is 6.04 Å². The highest BCUT2D eigenvalue weighted by Gasteiger charge is 2.15. The molecule has 1 atom stereocenters. The average molecular weight is 257 g/mol. The molecule has 0 fully saturated rings. The van der Waals surface area contributed by atoms with Gasteiger partial charge in [0.05, 0.1) is 6.04 Å². The van der Waals surface area contributed by atoms with Crippen molar-refractivity contribution < 1.29 is 4.52 Å². The maximum absolute atomic E-state index is 5.00. The van der Waals surface area contributed by atoms with E-state index in [1.54, 1.807) is 0 Å². The Bertz CT molecular complexity index is 333. The van der Waals surface area contributed by atoms with Crippen LogP contribution in [-0.2, 0) is 0 Å². The summed E-state index contributed by atoms with van der Waals surface area (Å²) in [7, 11) is 0. The van der Waals surface area contributed by atoms with Crippen LogP contribution in [0, 0.1) is 6.92 Å². The van der Waals surface area contributed by atoms with Crippen LogP contribution >= 0.6 is 11.8 Å². The third kappa shape index (κ3) is 5.55. The van der Waals surface area contributed by atoms with E-state index in [4.69, 9.17) is 4.52 Å². The minimum atomic E-state index is 0.202. The number of aryl methyl sites for hydroxylation is 1. The second-order valence-electron chi connectivity index (χ2n) is 5.05. The molecule has 0 amide bonds. The highest BCUT2D eigenvalue weighted by molar-refractivity contribution is 8.00. The topological polar surface area (TPSA) is 51.0 Å². The minimum absolute atomic E-state index is 0.202. The Morgan fingerprint density at radius 3 is 2.59 bits per heavy atom. The first kappa shape index (κ1) is 14.5. The van der Waals surface area contributed by atoms with Gasteiger partial charge in [0, 0.05) is 24.0 Å². The molecule has 1 aromatic rings. The van der Waals surface area contributed by atoms with Crippen molar-refractivity contribution in [3.63, 3.8) is 0 Å². The lowest BCUT2D eigenvalue weighted by molar-refractivity contribution is 0.376. The van der Waals surface area contributed by atoms with Crippen LogP contribution in [0.1, 0.15) is 51.9 Å². The van der Waals surface area contributed by atoms with Gasteiger partial charge in [-0.15, -0.1) is 0 Å². The van der Waals surface area contributed by atoms with Crippen LogP contribution in [0.3, 0.4) is 0 Å². The summed E-state index contributed by atoms with van der Waals surface area (Å²) in [5, 5.41) is 7.42. The van der Waals surface area contributed by atoms with Crippen molar-refractivity contribution in [2.45, 2.75) is 51.8 Å². The first-order chi connectivity index (χ1) is 7.92. The molecule has 0 radical (unpaired) electrons. The zero-order chi connectivity index (χ0) is 12.9. The van der Waals surface area contributed by atoms with Gasteiger partial charge in [0.25, 0.3) is 0 Å². The molecule has 1 rings (SSSR count). The Balaban J connectivity index is 2.33. The summed E-state index contributed by atoms with van der Waals surface area (Å²) < 4.78 is 5.33. The molecular weight excluding hydrogens is 234 g/mol. The van der Waals surface area contributed by atoms with Gasteiger partial charge in [-0.25, -0.2) is 0 Å². The summed E-state index contributed by atoms with van der Waals surface area (Å²) in [6.45, 7) is 11.6. The molecule has 17 heavy (non-hydrogen) atoms. The molecule has 1 aromatic heterocycles. The Labute approximate surface area is 108 Å². The number of hydrogen-bond acceptors (Lipinski definition) is 5. The van der Waals surface area contributed by atoms with E-state index in [2.05, 4.69) is 43.2 Å². The molecular formula is C12H23N3OS. The Morgan fingerprint density at radius 2 is 2.12 bits per heavy atom. The van der Waals surface area contributed by atoms with Crippen molar-refractivity contribution in [2.24, 2.45) is 0 Å². The van der Waals surface area contributed by atoms with Gasteiger partial charge in [0.15, 0.2) is 5.82 Å². The van der Waals surface area contributed by atoms with Gasteiger partial charge in [-0.1, -0.05) is 32.9 Å². The molecule has 98 valence electrons. The van der Waals surface area contributed by atoms with Crippen molar-refractivity contribution in [1.29, 1.82) is 0 Å². The fraction of sp³-hybridized carbons (Fsp3) is 0.833. The van der Waals surface area contributed by atoms with Crippen LogP contribution < -0.4 is 5.32 Å². The van der Waals surface area contributed by atoms with Gasteiger partial charge >= 0.3 is 0 Å². The number of aromatic nitrogens is 2. The summed E-state index contributed by atoms with van der Waals surface area (Å²) in [5.74, 6) is 2.49. The van der Waals surface area contributed by atoms with Gasteiger partial charge in [-0.3, -0.25) is 0 Å². The molecule has 0 saturated carbocycles. The Kier molecular flexibility index (Phi) is 5.46.